The summed E-state index contributed by atoms with van der Waals surface area (Å²) < 4.78 is 55.5. The minimum absolute atomic E-state index is 0.0796. The number of nitrogens with one attached hydrogen (secondary N) is 1. The Kier molecular flexibility index (Phi) is 8.48. The van der Waals surface area contributed by atoms with E-state index >= 15 is 0 Å². The van der Waals surface area contributed by atoms with Crippen molar-refractivity contribution in [2.45, 2.75) is 11.4 Å². The van der Waals surface area contributed by atoms with Gasteiger partial charge in [0.15, 0.2) is 5.82 Å². The van der Waals surface area contributed by atoms with Gasteiger partial charge in [0, 0.05) is 49.0 Å². The Balaban J connectivity index is 0.000000414. The second-order valence-electron chi connectivity index (χ2n) is 6.19. The molecule has 13 heteroatoms. The van der Waals surface area contributed by atoms with Gasteiger partial charge in [0.05, 0.1) is 5.56 Å². The van der Waals surface area contributed by atoms with Crippen molar-refractivity contribution in [3.63, 3.8) is 0 Å². The zero-order valence-electron chi connectivity index (χ0n) is 17.0. The van der Waals surface area contributed by atoms with Gasteiger partial charge in [-0.05, 0) is 31.3 Å². The van der Waals surface area contributed by atoms with Crippen LogP contribution in [0.3, 0.4) is 0 Å². The topological polar surface area (TPSA) is 151 Å². The van der Waals surface area contributed by atoms with Crippen molar-refractivity contribution < 1.29 is 37.0 Å². The maximum absolute atomic E-state index is 14.9. The Hall–Kier alpha value is -3.97. The highest BCUT2D eigenvalue weighted by molar-refractivity contribution is 7.90. The number of hydrogen-bond donors (Lipinski definition) is 3. The lowest BCUT2D eigenvalue weighted by molar-refractivity contribution is -0.134. The number of carboxylic acid groups (broad SMARTS) is 2. The molecule has 0 saturated carbocycles. The minimum atomic E-state index is -4.16. The van der Waals surface area contributed by atoms with Crippen LogP contribution in [0.25, 0.3) is 11.3 Å². The molecule has 174 valence electrons. The predicted octanol–water partition coefficient (Wildman–Crippen LogP) is 1.89. The largest absolute Gasteiger partial charge is 0.478 e. The molecule has 0 spiro atoms. The Morgan fingerprint density at radius 3 is 2.27 bits per heavy atom. The SMILES string of the molecule is CNCc1cn(S(=O)(=O)c2cccnc2)c(-c2cccnc2F)c1F.O=C(O)C=CC(=O)O. The highest BCUT2D eigenvalue weighted by atomic mass is 32.2. The molecule has 0 aliphatic rings. The van der Waals surface area contributed by atoms with Gasteiger partial charge in [-0.25, -0.2) is 31.4 Å². The molecule has 0 saturated heterocycles. The third kappa shape index (κ3) is 6.27. The first-order valence-corrected chi connectivity index (χ1v) is 10.5. The average molecular weight is 480 g/mol. The molecule has 3 aromatic rings. The van der Waals surface area contributed by atoms with Gasteiger partial charge in [-0.15, -0.1) is 0 Å². The fourth-order valence-corrected chi connectivity index (χ4v) is 3.93. The van der Waals surface area contributed by atoms with Crippen LogP contribution < -0.4 is 5.32 Å². The minimum Gasteiger partial charge on any atom is -0.478 e. The lowest BCUT2D eigenvalue weighted by atomic mass is 10.2. The number of carbonyl (C=O) groups is 2. The van der Waals surface area contributed by atoms with Crippen LogP contribution in [0.1, 0.15) is 5.56 Å². The number of pyridine rings is 2. The van der Waals surface area contributed by atoms with E-state index < -0.39 is 39.4 Å². The van der Waals surface area contributed by atoms with E-state index in [1.165, 1.54) is 36.7 Å². The van der Waals surface area contributed by atoms with Gasteiger partial charge in [0.2, 0.25) is 5.95 Å². The molecule has 33 heavy (non-hydrogen) atoms. The van der Waals surface area contributed by atoms with E-state index in [9.17, 15) is 26.8 Å². The molecular formula is C20H18F2N4O6S. The molecule has 0 aliphatic heterocycles. The molecule has 3 rings (SSSR count). The first-order valence-electron chi connectivity index (χ1n) is 9.04. The molecule has 0 fully saturated rings. The maximum Gasteiger partial charge on any atom is 0.328 e. The van der Waals surface area contributed by atoms with Crippen LogP contribution in [-0.2, 0) is 26.2 Å². The van der Waals surface area contributed by atoms with Crippen LogP contribution in [0.5, 0.6) is 0 Å². The second-order valence-corrected chi connectivity index (χ2v) is 8.00. The zero-order valence-corrected chi connectivity index (χ0v) is 17.8. The van der Waals surface area contributed by atoms with Crippen LogP contribution in [0.2, 0.25) is 0 Å². The summed E-state index contributed by atoms with van der Waals surface area (Å²) in [6, 6.07) is 5.47. The van der Waals surface area contributed by atoms with E-state index in [1.54, 1.807) is 7.05 Å². The first-order chi connectivity index (χ1) is 15.6. The Morgan fingerprint density at radius 2 is 1.76 bits per heavy atom. The average Bonchev–Trinajstić information content (AvgIpc) is 3.11. The smallest absolute Gasteiger partial charge is 0.328 e. The fourth-order valence-electron chi connectivity index (χ4n) is 2.57. The normalized spacial score (nSPS) is 11.1. The number of carboxylic acids is 2. The van der Waals surface area contributed by atoms with Gasteiger partial charge in [-0.1, -0.05) is 0 Å². The van der Waals surface area contributed by atoms with E-state index in [4.69, 9.17) is 10.2 Å². The third-order valence-electron chi connectivity index (χ3n) is 3.92. The molecule has 10 nitrogen and oxygen atoms in total. The molecule has 0 aliphatic carbocycles. The van der Waals surface area contributed by atoms with E-state index in [2.05, 4.69) is 15.3 Å². The summed E-state index contributed by atoms with van der Waals surface area (Å²) in [7, 11) is -2.57. The van der Waals surface area contributed by atoms with Crippen LogP contribution >= 0.6 is 0 Å². The number of rotatable bonds is 7. The first kappa shape index (κ1) is 25.3. The van der Waals surface area contributed by atoms with E-state index in [0.29, 0.717) is 12.2 Å². The predicted molar refractivity (Wildman–Crippen MR) is 112 cm³/mol. The Bertz CT molecular complexity index is 1260. The van der Waals surface area contributed by atoms with E-state index in [-0.39, 0.29) is 22.6 Å². The highest BCUT2D eigenvalue weighted by Crippen LogP contribution is 2.31. The molecule has 3 heterocycles. The summed E-state index contributed by atoms with van der Waals surface area (Å²) in [6.45, 7) is 0.0796. The molecule has 0 bridgehead atoms. The fraction of sp³-hybridized carbons (Fsp3) is 0.100. The van der Waals surface area contributed by atoms with Gasteiger partial charge < -0.3 is 15.5 Å². The monoisotopic (exact) mass is 480 g/mol. The van der Waals surface area contributed by atoms with Gasteiger partial charge in [-0.3, -0.25) is 4.98 Å². The Morgan fingerprint density at radius 1 is 1.12 bits per heavy atom. The molecule has 0 unspecified atom stereocenters. The van der Waals surface area contributed by atoms with E-state index in [0.717, 1.165) is 16.4 Å². The van der Waals surface area contributed by atoms with E-state index in [1.807, 2.05) is 0 Å². The molecule has 0 atom stereocenters. The molecule has 0 radical (unpaired) electrons. The number of halogens is 2. The van der Waals surface area contributed by atoms with Crippen molar-refractivity contribution >= 4 is 22.0 Å². The van der Waals surface area contributed by atoms with Crippen molar-refractivity contribution in [3.05, 3.63) is 78.5 Å². The second kappa shape index (κ2) is 11.1. The van der Waals surface area contributed by atoms with Crippen molar-refractivity contribution in [1.29, 1.82) is 0 Å². The molecule has 3 aromatic heterocycles. The van der Waals surface area contributed by atoms with Gasteiger partial charge in [0.25, 0.3) is 10.0 Å². The molecule has 3 N–H and O–H groups in total. The lowest BCUT2D eigenvalue weighted by Crippen LogP contribution is -2.14. The molecular weight excluding hydrogens is 462 g/mol. The summed E-state index contributed by atoms with van der Waals surface area (Å²) >= 11 is 0. The van der Waals surface area contributed by atoms with Crippen molar-refractivity contribution in [2.75, 3.05) is 7.05 Å². The number of nitrogens with zero attached hydrogens (tertiary/aromatic N) is 3. The Labute approximate surface area is 186 Å². The van der Waals surface area contributed by atoms with Crippen molar-refractivity contribution in [1.82, 2.24) is 19.3 Å². The van der Waals surface area contributed by atoms with Crippen molar-refractivity contribution in [2.24, 2.45) is 0 Å². The van der Waals surface area contributed by atoms with Gasteiger partial charge >= 0.3 is 11.9 Å². The van der Waals surface area contributed by atoms with Crippen molar-refractivity contribution in [3.8, 4) is 11.3 Å². The summed E-state index contributed by atoms with van der Waals surface area (Å²) in [6.07, 6.45) is 6.02. The molecule has 0 aromatic carbocycles. The van der Waals surface area contributed by atoms with Gasteiger partial charge in [-0.2, -0.15) is 4.39 Å². The lowest BCUT2D eigenvalue weighted by Gasteiger charge is -2.10. The van der Waals surface area contributed by atoms with Gasteiger partial charge in [0.1, 0.15) is 10.6 Å². The standard InChI is InChI=1S/C16H14F2N4O2S.C4H4O4/c1-19-8-11-10-22(25(23,24)12-4-2-6-20-9-12)15(14(11)17)13-5-3-7-21-16(13)18;5-3(6)1-2-4(7)8/h2-7,9-10,19H,8H2,1H3;1-2H,(H,5,6)(H,7,8). The van der Waals surface area contributed by atoms with Crippen LogP contribution in [0, 0.1) is 11.8 Å². The van der Waals surface area contributed by atoms with Crippen LogP contribution in [-0.4, -0.2) is 51.6 Å². The van der Waals surface area contributed by atoms with Crippen LogP contribution in [0.4, 0.5) is 8.78 Å². The summed E-state index contributed by atoms with van der Waals surface area (Å²) in [5.41, 5.74) is -0.553. The third-order valence-corrected chi connectivity index (χ3v) is 5.57. The maximum atomic E-state index is 14.9. The summed E-state index contributed by atoms with van der Waals surface area (Å²) in [5.74, 6) is -4.30. The zero-order chi connectivity index (χ0) is 24.6. The molecule has 0 amide bonds. The number of aliphatic carboxylic acids is 2. The summed E-state index contributed by atoms with van der Waals surface area (Å²) in [5, 5.41) is 18.4. The quantitative estimate of drug-likeness (QED) is 0.340. The number of aromatic nitrogens is 3. The number of hydrogen-bond acceptors (Lipinski definition) is 7. The van der Waals surface area contributed by atoms with Crippen LogP contribution in [0.15, 0.2) is 66.1 Å². The summed E-state index contributed by atoms with van der Waals surface area (Å²) in [4.78, 5) is 26.2. The highest BCUT2D eigenvalue weighted by Gasteiger charge is 2.28.